The number of alkyl halides is 3. The van der Waals surface area contributed by atoms with Gasteiger partial charge in [0.25, 0.3) is 0 Å². The summed E-state index contributed by atoms with van der Waals surface area (Å²) in [6.45, 7) is 5.52. The summed E-state index contributed by atoms with van der Waals surface area (Å²) < 4.78 is 35.2. The number of hydrogen-bond donors (Lipinski definition) is 1. The summed E-state index contributed by atoms with van der Waals surface area (Å²) in [5.41, 5.74) is 5.31. The van der Waals surface area contributed by atoms with E-state index in [1.54, 1.807) is 0 Å². The average Bonchev–Trinajstić information content (AvgIpc) is 1.78. The van der Waals surface area contributed by atoms with Gasteiger partial charge in [-0.1, -0.05) is 20.8 Å². The minimum atomic E-state index is -4.08. The molecule has 0 aliphatic carbocycles. The van der Waals surface area contributed by atoms with E-state index in [4.69, 9.17) is 5.73 Å². The molecule has 12 heavy (non-hydrogen) atoms. The molecule has 1 nitrogen and oxygen atoms in total. The van der Waals surface area contributed by atoms with Gasteiger partial charge in [-0.15, -0.1) is 0 Å². The minimum absolute atomic E-state index is 0.00694. The highest BCUT2D eigenvalue weighted by Crippen LogP contribution is 2.27. The molecule has 1 unspecified atom stereocenters. The molecule has 0 aliphatic heterocycles. The minimum Gasteiger partial charge on any atom is -0.327 e. The fourth-order valence-electron chi connectivity index (χ4n) is 0.752. The van der Waals surface area contributed by atoms with E-state index < -0.39 is 12.6 Å². The van der Waals surface area contributed by atoms with Crippen molar-refractivity contribution < 1.29 is 13.2 Å². The quantitative estimate of drug-likeness (QED) is 0.699. The molecule has 0 fully saturated rings. The van der Waals surface area contributed by atoms with Crippen molar-refractivity contribution in [3.05, 3.63) is 0 Å². The Hall–Kier alpha value is -0.250. The van der Waals surface area contributed by atoms with Crippen LogP contribution >= 0.6 is 0 Å². The van der Waals surface area contributed by atoms with Gasteiger partial charge in [0.05, 0.1) is 0 Å². The first kappa shape index (κ1) is 11.8. The van der Waals surface area contributed by atoms with Gasteiger partial charge in [-0.2, -0.15) is 13.2 Å². The van der Waals surface area contributed by atoms with Gasteiger partial charge >= 0.3 is 6.18 Å². The fourth-order valence-corrected chi connectivity index (χ4v) is 0.752. The van der Waals surface area contributed by atoms with Gasteiger partial charge in [-0.05, 0) is 11.8 Å². The van der Waals surface area contributed by atoms with Crippen LogP contribution in [0.4, 0.5) is 13.2 Å². The molecular weight excluding hydrogens is 167 g/mol. The Labute approximate surface area is 71.1 Å². The molecule has 2 N–H and O–H groups in total. The molecule has 1 atom stereocenters. The second-order valence-electron chi connectivity index (χ2n) is 4.13. The molecular formula is C8H16F3N. The van der Waals surface area contributed by atoms with Gasteiger partial charge in [-0.25, -0.2) is 0 Å². The third-order valence-electron chi connectivity index (χ3n) is 1.85. The summed E-state index contributed by atoms with van der Waals surface area (Å²) >= 11 is 0. The zero-order valence-corrected chi connectivity index (χ0v) is 7.70. The topological polar surface area (TPSA) is 26.0 Å². The van der Waals surface area contributed by atoms with E-state index in [1.807, 2.05) is 20.8 Å². The number of rotatable bonds is 2. The van der Waals surface area contributed by atoms with Crippen LogP contribution in [0, 0.1) is 5.41 Å². The van der Waals surface area contributed by atoms with Crippen molar-refractivity contribution in [2.24, 2.45) is 11.1 Å². The van der Waals surface area contributed by atoms with Gasteiger partial charge < -0.3 is 5.73 Å². The number of halogens is 3. The summed E-state index contributed by atoms with van der Waals surface area (Å²) in [4.78, 5) is 0. The van der Waals surface area contributed by atoms with Gasteiger partial charge in [-0.3, -0.25) is 0 Å². The van der Waals surface area contributed by atoms with Gasteiger partial charge in [0.2, 0.25) is 0 Å². The van der Waals surface area contributed by atoms with Gasteiger partial charge in [0.15, 0.2) is 0 Å². The van der Waals surface area contributed by atoms with E-state index in [-0.39, 0.29) is 17.9 Å². The van der Waals surface area contributed by atoms with E-state index in [0.29, 0.717) is 0 Å². The third-order valence-corrected chi connectivity index (χ3v) is 1.85. The van der Waals surface area contributed by atoms with Crippen molar-refractivity contribution in [3.63, 3.8) is 0 Å². The predicted octanol–water partition coefficient (Wildman–Crippen LogP) is 2.70. The first-order chi connectivity index (χ1) is 5.13. The lowest BCUT2D eigenvalue weighted by molar-refractivity contribution is -0.137. The summed E-state index contributed by atoms with van der Waals surface area (Å²) in [5, 5.41) is 0. The lowest BCUT2D eigenvalue weighted by Gasteiger charge is -2.27. The molecule has 0 spiro atoms. The molecule has 0 aromatic heterocycles. The fraction of sp³-hybridized carbons (Fsp3) is 1.00. The molecule has 74 valence electrons. The molecule has 0 aromatic carbocycles. The standard InChI is InChI=1S/C8H16F3N/c1-7(2,3)6(12)4-5-8(9,10)11/h6H,4-5,12H2,1-3H3. The maximum atomic E-state index is 11.7. The van der Waals surface area contributed by atoms with Crippen LogP contribution in [0.2, 0.25) is 0 Å². The lowest BCUT2D eigenvalue weighted by atomic mass is 9.85. The molecule has 0 radical (unpaired) electrons. The molecule has 0 rings (SSSR count). The molecule has 0 saturated carbocycles. The maximum Gasteiger partial charge on any atom is 0.389 e. The first-order valence-electron chi connectivity index (χ1n) is 3.95. The summed E-state index contributed by atoms with van der Waals surface area (Å²) in [5.74, 6) is 0. The van der Waals surface area contributed by atoms with Crippen LogP contribution in [0.25, 0.3) is 0 Å². The van der Waals surface area contributed by atoms with Crippen LogP contribution in [-0.2, 0) is 0 Å². The number of nitrogens with two attached hydrogens (primary N) is 1. The molecule has 4 heteroatoms. The highest BCUT2D eigenvalue weighted by Gasteiger charge is 2.30. The first-order valence-corrected chi connectivity index (χ1v) is 3.95. The second-order valence-corrected chi connectivity index (χ2v) is 4.13. The highest BCUT2D eigenvalue weighted by molar-refractivity contribution is 4.77. The Balaban J connectivity index is 3.80. The smallest absolute Gasteiger partial charge is 0.327 e. The van der Waals surface area contributed by atoms with Crippen molar-refractivity contribution in [2.75, 3.05) is 0 Å². The average molecular weight is 183 g/mol. The van der Waals surface area contributed by atoms with Crippen LogP contribution in [0.5, 0.6) is 0 Å². The Kier molecular flexibility index (Phi) is 3.57. The normalized spacial score (nSPS) is 16.2. The Morgan fingerprint density at radius 1 is 1.17 bits per heavy atom. The molecule has 0 amide bonds. The second kappa shape index (κ2) is 3.64. The van der Waals surface area contributed by atoms with Crippen LogP contribution in [0.3, 0.4) is 0 Å². The Morgan fingerprint density at radius 2 is 1.58 bits per heavy atom. The third kappa shape index (κ3) is 5.41. The highest BCUT2D eigenvalue weighted by atomic mass is 19.4. The zero-order valence-electron chi connectivity index (χ0n) is 7.70. The zero-order chi connectivity index (χ0) is 9.99. The van der Waals surface area contributed by atoms with E-state index in [1.165, 1.54) is 0 Å². The van der Waals surface area contributed by atoms with Crippen LogP contribution in [-0.4, -0.2) is 12.2 Å². The molecule has 0 saturated heterocycles. The SMILES string of the molecule is CC(C)(C)C(N)CCC(F)(F)F. The van der Waals surface area contributed by atoms with Gasteiger partial charge in [0, 0.05) is 12.5 Å². The number of hydrogen-bond acceptors (Lipinski definition) is 1. The van der Waals surface area contributed by atoms with Gasteiger partial charge in [0.1, 0.15) is 0 Å². The largest absolute Gasteiger partial charge is 0.389 e. The predicted molar refractivity (Wildman–Crippen MR) is 42.7 cm³/mol. The van der Waals surface area contributed by atoms with Crippen molar-refractivity contribution >= 4 is 0 Å². The molecule has 0 aliphatic rings. The van der Waals surface area contributed by atoms with E-state index in [9.17, 15) is 13.2 Å². The molecule has 0 aromatic rings. The van der Waals surface area contributed by atoms with Crippen LogP contribution in [0.15, 0.2) is 0 Å². The lowest BCUT2D eigenvalue weighted by Crippen LogP contribution is -2.35. The van der Waals surface area contributed by atoms with E-state index in [2.05, 4.69) is 0 Å². The van der Waals surface area contributed by atoms with Crippen LogP contribution < -0.4 is 5.73 Å². The monoisotopic (exact) mass is 183 g/mol. The van der Waals surface area contributed by atoms with Crippen molar-refractivity contribution in [1.29, 1.82) is 0 Å². The Morgan fingerprint density at radius 3 is 1.83 bits per heavy atom. The van der Waals surface area contributed by atoms with Crippen LogP contribution in [0.1, 0.15) is 33.6 Å². The van der Waals surface area contributed by atoms with E-state index in [0.717, 1.165) is 0 Å². The summed E-state index contributed by atoms with van der Waals surface area (Å²) in [6, 6.07) is -0.390. The summed E-state index contributed by atoms with van der Waals surface area (Å²) in [7, 11) is 0. The molecule has 0 bridgehead atoms. The summed E-state index contributed by atoms with van der Waals surface area (Å²) in [6.07, 6.45) is -4.86. The van der Waals surface area contributed by atoms with Crippen molar-refractivity contribution in [3.8, 4) is 0 Å². The van der Waals surface area contributed by atoms with Crippen molar-refractivity contribution in [2.45, 2.75) is 45.8 Å². The maximum absolute atomic E-state index is 11.7. The van der Waals surface area contributed by atoms with E-state index >= 15 is 0 Å². The van der Waals surface area contributed by atoms with Crippen molar-refractivity contribution in [1.82, 2.24) is 0 Å². The Bertz CT molecular complexity index is 134. The molecule has 0 heterocycles.